The Balaban J connectivity index is 1.66. The molecular weight excluding hydrogens is 208 g/mol. The lowest BCUT2D eigenvalue weighted by Crippen LogP contribution is -2.57. The van der Waals surface area contributed by atoms with E-state index in [9.17, 15) is 0 Å². The molecule has 17 heavy (non-hydrogen) atoms. The van der Waals surface area contributed by atoms with Crippen molar-refractivity contribution >= 4 is 0 Å². The summed E-state index contributed by atoms with van der Waals surface area (Å²) in [5.74, 6) is 1.83. The van der Waals surface area contributed by atoms with Crippen LogP contribution in [0.3, 0.4) is 0 Å². The van der Waals surface area contributed by atoms with Gasteiger partial charge in [0.2, 0.25) is 0 Å². The fourth-order valence-corrected chi connectivity index (χ4v) is 3.43. The van der Waals surface area contributed by atoms with Crippen molar-refractivity contribution in [1.82, 2.24) is 10.2 Å². The van der Waals surface area contributed by atoms with Gasteiger partial charge in [0.25, 0.3) is 0 Å². The summed E-state index contributed by atoms with van der Waals surface area (Å²) >= 11 is 0. The van der Waals surface area contributed by atoms with Gasteiger partial charge in [-0.25, -0.2) is 0 Å². The van der Waals surface area contributed by atoms with Crippen molar-refractivity contribution in [3.8, 4) is 0 Å². The second-order valence-corrected chi connectivity index (χ2v) is 6.64. The molecule has 0 aromatic carbocycles. The van der Waals surface area contributed by atoms with E-state index >= 15 is 0 Å². The van der Waals surface area contributed by atoms with Crippen LogP contribution in [0.25, 0.3) is 0 Å². The van der Waals surface area contributed by atoms with Gasteiger partial charge in [-0.15, -0.1) is 0 Å². The van der Waals surface area contributed by atoms with Gasteiger partial charge >= 0.3 is 0 Å². The molecule has 1 N–H and O–H groups in total. The van der Waals surface area contributed by atoms with Gasteiger partial charge in [0.1, 0.15) is 0 Å². The van der Waals surface area contributed by atoms with E-state index in [1.165, 1.54) is 51.7 Å². The molecule has 3 aliphatic rings. The van der Waals surface area contributed by atoms with Crippen molar-refractivity contribution in [1.29, 1.82) is 0 Å². The minimum atomic E-state index is 0.708. The summed E-state index contributed by atoms with van der Waals surface area (Å²) in [6.45, 7) is 11.0. The number of rotatable bonds is 6. The molecule has 0 spiro atoms. The molecule has 2 bridgehead atoms. The number of nitrogens with one attached hydrogen (secondary N) is 1. The fourth-order valence-electron chi connectivity index (χ4n) is 3.43. The Morgan fingerprint density at radius 2 is 1.82 bits per heavy atom. The van der Waals surface area contributed by atoms with Crippen LogP contribution in [0, 0.1) is 11.8 Å². The average Bonchev–Trinajstić information content (AvgIpc) is 2.30. The molecule has 0 aliphatic carbocycles. The monoisotopic (exact) mass is 238 g/mol. The lowest BCUT2D eigenvalue weighted by atomic mass is 9.83. The Labute approximate surface area is 107 Å². The normalized spacial score (nSPS) is 34.2. The molecule has 3 aliphatic heterocycles. The second-order valence-electron chi connectivity index (χ2n) is 6.64. The minimum Gasteiger partial charge on any atom is -0.310 e. The van der Waals surface area contributed by atoms with Crippen LogP contribution in [-0.2, 0) is 0 Å². The zero-order valence-corrected chi connectivity index (χ0v) is 11.9. The van der Waals surface area contributed by atoms with Crippen LogP contribution >= 0.6 is 0 Å². The van der Waals surface area contributed by atoms with Gasteiger partial charge in [-0.05, 0) is 51.1 Å². The highest BCUT2D eigenvalue weighted by Crippen LogP contribution is 2.28. The van der Waals surface area contributed by atoms with E-state index in [1.54, 1.807) is 0 Å². The first kappa shape index (κ1) is 13.4. The van der Waals surface area contributed by atoms with Crippen LogP contribution in [-0.4, -0.2) is 36.6 Å². The van der Waals surface area contributed by atoms with Crippen molar-refractivity contribution in [2.45, 2.75) is 65.0 Å². The number of nitrogens with zero attached hydrogens (tertiary/aromatic N) is 1. The second kappa shape index (κ2) is 6.19. The number of fused-ring (bicyclic) bond motifs is 3. The molecule has 2 unspecified atom stereocenters. The molecule has 0 saturated carbocycles. The van der Waals surface area contributed by atoms with E-state index in [-0.39, 0.29) is 0 Å². The van der Waals surface area contributed by atoms with E-state index in [0.717, 1.165) is 17.9 Å². The third-order valence-electron chi connectivity index (χ3n) is 4.57. The van der Waals surface area contributed by atoms with Gasteiger partial charge in [0.05, 0.1) is 0 Å². The van der Waals surface area contributed by atoms with Gasteiger partial charge in [-0.2, -0.15) is 0 Å². The van der Waals surface area contributed by atoms with Gasteiger partial charge in [-0.1, -0.05) is 26.7 Å². The summed E-state index contributed by atoms with van der Waals surface area (Å²) in [4.78, 5) is 2.64. The molecule has 0 amide bonds. The fraction of sp³-hybridized carbons (Fsp3) is 1.00. The minimum absolute atomic E-state index is 0.708. The molecule has 0 aromatic heterocycles. The van der Waals surface area contributed by atoms with Gasteiger partial charge in [0, 0.05) is 18.6 Å². The first-order valence-corrected chi connectivity index (χ1v) is 7.63. The summed E-state index contributed by atoms with van der Waals surface area (Å²) in [7, 11) is 0. The third kappa shape index (κ3) is 3.96. The molecule has 0 aromatic rings. The maximum atomic E-state index is 3.88. The molecule has 0 radical (unpaired) electrons. The van der Waals surface area contributed by atoms with Gasteiger partial charge in [0.15, 0.2) is 0 Å². The van der Waals surface area contributed by atoms with Crippen LogP contribution in [0.5, 0.6) is 0 Å². The van der Waals surface area contributed by atoms with Crippen LogP contribution < -0.4 is 5.32 Å². The lowest BCUT2D eigenvalue weighted by molar-refractivity contribution is 0.0673. The molecule has 2 heteroatoms. The van der Waals surface area contributed by atoms with Crippen LogP contribution in [0.1, 0.15) is 52.9 Å². The van der Waals surface area contributed by atoms with Crippen molar-refractivity contribution in [3.63, 3.8) is 0 Å². The first-order chi connectivity index (χ1) is 8.15. The zero-order chi connectivity index (χ0) is 12.3. The highest BCUT2D eigenvalue weighted by Gasteiger charge is 2.34. The number of hydrogen-bond donors (Lipinski definition) is 1. The standard InChI is InChI=1S/C15H30N2/c1-12(2)5-4-6-13(3)16-15-11-17-9-7-14(15)8-10-17/h12-16H,4-11H2,1-3H3. The molecule has 3 rings (SSSR count). The quantitative estimate of drug-likeness (QED) is 0.765. The van der Waals surface area contributed by atoms with E-state index in [0.29, 0.717) is 6.04 Å². The topological polar surface area (TPSA) is 15.3 Å². The first-order valence-electron chi connectivity index (χ1n) is 7.63. The van der Waals surface area contributed by atoms with Crippen molar-refractivity contribution in [3.05, 3.63) is 0 Å². The molecule has 3 saturated heterocycles. The Morgan fingerprint density at radius 3 is 2.35 bits per heavy atom. The number of hydrogen-bond acceptors (Lipinski definition) is 2. The Bertz CT molecular complexity index is 219. The van der Waals surface area contributed by atoms with E-state index in [1.807, 2.05) is 0 Å². The molecular formula is C15H30N2. The van der Waals surface area contributed by atoms with Crippen molar-refractivity contribution < 1.29 is 0 Å². The summed E-state index contributed by atoms with van der Waals surface area (Å²) in [5.41, 5.74) is 0. The Hall–Kier alpha value is -0.0800. The molecule has 3 heterocycles. The highest BCUT2D eigenvalue weighted by atomic mass is 15.2. The smallest absolute Gasteiger partial charge is 0.0226 e. The van der Waals surface area contributed by atoms with Crippen molar-refractivity contribution in [2.75, 3.05) is 19.6 Å². The molecule has 2 atom stereocenters. The summed E-state index contributed by atoms with van der Waals surface area (Å²) < 4.78 is 0. The predicted octanol–water partition coefficient (Wildman–Crippen LogP) is 2.89. The molecule has 2 nitrogen and oxygen atoms in total. The van der Waals surface area contributed by atoms with E-state index in [2.05, 4.69) is 31.0 Å². The molecule has 3 fully saturated rings. The maximum Gasteiger partial charge on any atom is 0.0226 e. The van der Waals surface area contributed by atoms with Crippen LogP contribution in [0.4, 0.5) is 0 Å². The summed E-state index contributed by atoms with van der Waals surface area (Å²) in [5, 5.41) is 3.88. The summed E-state index contributed by atoms with van der Waals surface area (Å²) in [6, 6.07) is 1.49. The van der Waals surface area contributed by atoms with E-state index in [4.69, 9.17) is 0 Å². The third-order valence-corrected chi connectivity index (χ3v) is 4.57. The Kier molecular flexibility index (Phi) is 4.87. The maximum absolute atomic E-state index is 3.88. The number of piperidine rings is 3. The predicted molar refractivity (Wildman–Crippen MR) is 74.2 cm³/mol. The molecule has 100 valence electrons. The van der Waals surface area contributed by atoms with Gasteiger partial charge in [-0.3, -0.25) is 0 Å². The average molecular weight is 238 g/mol. The van der Waals surface area contributed by atoms with Crippen LogP contribution in [0.2, 0.25) is 0 Å². The largest absolute Gasteiger partial charge is 0.310 e. The summed E-state index contributed by atoms with van der Waals surface area (Å²) in [6.07, 6.45) is 6.97. The zero-order valence-electron chi connectivity index (χ0n) is 11.9. The van der Waals surface area contributed by atoms with Crippen LogP contribution in [0.15, 0.2) is 0 Å². The Morgan fingerprint density at radius 1 is 1.12 bits per heavy atom. The SMILES string of the molecule is CC(C)CCCC(C)NC1CN2CCC1CC2. The van der Waals surface area contributed by atoms with E-state index < -0.39 is 0 Å². The van der Waals surface area contributed by atoms with Crippen molar-refractivity contribution in [2.24, 2.45) is 11.8 Å². The lowest BCUT2D eigenvalue weighted by Gasteiger charge is -2.46. The highest BCUT2D eigenvalue weighted by molar-refractivity contribution is 4.91. The van der Waals surface area contributed by atoms with Gasteiger partial charge < -0.3 is 10.2 Å².